The van der Waals surface area contributed by atoms with Crippen LogP contribution >= 0.6 is 23.2 Å². The Morgan fingerprint density at radius 2 is 1.79 bits per heavy atom. The van der Waals surface area contributed by atoms with Crippen molar-refractivity contribution in [3.63, 3.8) is 0 Å². The molecule has 1 heterocycles. The number of hydrogen-bond donors (Lipinski definition) is 1. The molecule has 0 aliphatic carbocycles. The van der Waals surface area contributed by atoms with Crippen molar-refractivity contribution in [2.45, 2.75) is 24.3 Å². The molecule has 3 aromatic carbocycles. The van der Waals surface area contributed by atoms with Gasteiger partial charge in [0.1, 0.15) is 5.75 Å². The van der Waals surface area contributed by atoms with E-state index in [4.69, 9.17) is 33.0 Å². The quantitative estimate of drug-likeness (QED) is 0.429. The maximum absolute atomic E-state index is 12.7. The number of nitrogens with one attached hydrogen (secondary N) is 1. The lowest BCUT2D eigenvalue weighted by molar-refractivity contribution is 0.340. The van der Waals surface area contributed by atoms with Gasteiger partial charge in [-0.25, -0.2) is 13.1 Å². The highest BCUT2D eigenvalue weighted by Crippen LogP contribution is 2.39. The predicted octanol–water partition coefficient (Wildman–Crippen LogP) is 5.68. The van der Waals surface area contributed by atoms with Gasteiger partial charge in [-0.05, 0) is 55.0 Å². The van der Waals surface area contributed by atoms with E-state index in [-0.39, 0.29) is 17.5 Å². The molecule has 0 fully saturated rings. The van der Waals surface area contributed by atoms with Crippen LogP contribution in [0.4, 0.5) is 5.69 Å². The van der Waals surface area contributed by atoms with Gasteiger partial charge in [-0.3, -0.25) is 5.01 Å². The molecule has 0 aromatic heterocycles. The first-order valence-electron chi connectivity index (χ1n) is 10.5. The van der Waals surface area contributed by atoms with Gasteiger partial charge in [-0.2, -0.15) is 5.10 Å². The summed E-state index contributed by atoms with van der Waals surface area (Å²) in [5, 5.41) is 7.54. The summed E-state index contributed by atoms with van der Waals surface area (Å²) in [6.07, 6.45) is 0.532. The number of ether oxygens (including phenoxy) is 1. The average molecular weight is 504 g/mol. The van der Waals surface area contributed by atoms with Crippen LogP contribution in [-0.2, 0) is 10.0 Å². The smallest absolute Gasteiger partial charge is 0.240 e. The molecule has 0 radical (unpaired) electrons. The van der Waals surface area contributed by atoms with Gasteiger partial charge in [0, 0.05) is 11.4 Å². The summed E-state index contributed by atoms with van der Waals surface area (Å²) < 4.78 is 33.5. The third-order valence-electron chi connectivity index (χ3n) is 5.23. The van der Waals surface area contributed by atoms with E-state index in [2.05, 4.69) is 4.72 Å². The first kappa shape index (κ1) is 23.6. The molecular weight excluding hydrogens is 481 g/mol. The van der Waals surface area contributed by atoms with Gasteiger partial charge in [-0.1, -0.05) is 53.5 Å². The lowest BCUT2D eigenvalue weighted by Crippen LogP contribution is -2.29. The highest BCUT2D eigenvalue weighted by molar-refractivity contribution is 7.89. The van der Waals surface area contributed by atoms with Crippen LogP contribution in [0.15, 0.2) is 82.8 Å². The highest BCUT2D eigenvalue weighted by Gasteiger charge is 2.31. The zero-order chi connectivity index (χ0) is 23.4. The van der Waals surface area contributed by atoms with E-state index in [0.29, 0.717) is 34.5 Å². The third kappa shape index (κ3) is 5.50. The summed E-state index contributed by atoms with van der Waals surface area (Å²) in [4.78, 5) is 0.212. The number of hydrogen-bond acceptors (Lipinski definition) is 5. The second-order valence-electron chi connectivity index (χ2n) is 7.47. The monoisotopic (exact) mass is 503 g/mol. The maximum Gasteiger partial charge on any atom is 0.240 e. The van der Waals surface area contributed by atoms with Crippen LogP contribution in [0.1, 0.15) is 24.9 Å². The molecular formula is C24H23Cl2N3O3S. The van der Waals surface area contributed by atoms with Crippen LogP contribution in [0.2, 0.25) is 10.0 Å². The molecule has 33 heavy (non-hydrogen) atoms. The molecule has 0 bridgehead atoms. The maximum atomic E-state index is 12.7. The molecule has 1 unspecified atom stereocenters. The fourth-order valence-electron chi connectivity index (χ4n) is 3.64. The van der Waals surface area contributed by atoms with Gasteiger partial charge in [0.15, 0.2) is 0 Å². The fraction of sp³-hybridized carbons (Fsp3) is 0.208. The van der Waals surface area contributed by atoms with Gasteiger partial charge in [0.2, 0.25) is 10.0 Å². The summed E-state index contributed by atoms with van der Waals surface area (Å²) in [6.45, 7) is 2.61. The van der Waals surface area contributed by atoms with Gasteiger partial charge in [0.25, 0.3) is 0 Å². The fourth-order valence-corrected chi connectivity index (χ4v) is 5.18. The Kier molecular flexibility index (Phi) is 7.24. The van der Waals surface area contributed by atoms with Crippen LogP contribution in [0, 0.1) is 0 Å². The molecule has 6 nitrogen and oxygen atoms in total. The minimum absolute atomic E-state index is 0.0897. The number of nitrogens with zero attached hydrogens (tertiary/aromatic N) is 2. The number of benzene rings is 3. The van der Waals surface area contributed by atoms with E-state index >= 15 is 0 Å². The zero-order valence-electron chi connectivity index (χ0n) is 17.9. The van der Waals surface area contributed by atoms with Crippen LogP contribution in [0.3, 0.4) is 0 Å². The minimum Gasteiger partial charge on any atom is -0.494 e. The topological polar surface area (TPSA) is 71.0 Å². The van der Waals surface area contributed by atoms with Gasteiger partial charge in [0.05, 0.1) is 40.5 Å². The Balaban J connectivity index is 1.60. The number of hydrazone groups is 1. The molecule has 3 aromatic rings. The molecule has 1 aliphatic heterocycles. The van der Waals surface area contributed by atoms with Crippen LogP contribution in [0.5, 0.6) is 5.75 Å². The van der Waals surface area contributed by atoms with Crippen LogP contribution < -0.4 is 14.5 Å². The molecule has 4 rings (SSSR count). The first-order chi connectivity index (χ1) is 15.9. The summed E-state index contributed by atoms with van der Waals surface area (Å²) in [5.41, 5.74) is 2.40. The van der Waals surface area contributed by atoms with E-state index in [1.54, 1.807) is 42.5 Å². The van der Waals surface area contributed by atoms with Crippen molar-refractivity contribution in [3.8, 4) is 5.75 Å². The molecule has 0 saturated carbocycles. The summed E-state index contributed by atoms with van der Waals surface area (Å²) >= 11 is 12.6. The Hall–Kier alpha value is -2.58. The van der Waals surface area contributed by atoms with Gasteiger partial charge in [-0.15, -0.1) is 0 Å². The molecule has 1 aliphatic rings. The average Bonchev–Trinajstić information content (AvgIpc) is 3.23. The lowest BCUT2D eigenvalue weighted by atomic mass is 10.0. The Labute approximate surface area is 203 Å². The molecule has 0 saturated heterocycles. The van der Waals surface area contributed by atoms with E-state index in [1.165, 1.54) is 0 Å². The van der Waals surface area contributed by atoms with E-state index in [9.17, 15) is 8.42 Å². The Morgan fingerprint density at radius 1 is 1.06 bits per heavy atom. The summed E-state index contributed by atoms with van der Waals surface area (Å²) in [5.74, 6) is 0.784. The molecule has 1 atom stereocenters. The highest BCUT2D eigenvalue weighted by atomic mass is 35.5. The van der Waals surface area contributed by atoms with Crippen molar-refractivity contribution in [1.82, 2.24) is 4.72 Å². The minimum atomic E-state index is -3.65. The molecule has 172 valence electrons. The third-order valence-corrected chi connectivity index (χ3v) is 7.18. The Bertz CT molecular complexity index is 1250. The van der Waals surface area contributed by atoms with Crippen molar-refractivity contribution >= 4 is 44.6 Å². The predicted molar refractivity (Wildman–Crippen MR) is 133 cm³/mol. The molecule has 0 amide bonds. The van der Waals surface area contributed by atoms with Crippen molar-refractivity contribution in [2.75, 3.05) is 18.2 Å². The molecule has 0 spiro atoms. The van der Waals surface area contributed by atoms with E-state index in [0.717, 1.165) is 11.3 Å². The zero-order valence-corrected chi connectivity index (χ0v) is 20.2. The summed E-state index contributed by atoms with van der Waals surface area (Å²) in [7, 11) is -3.65. The first-order valence-corrected chi connectivity index (χ1v) is 12.7. The number of rotatable bonds is 8. The second kappa shape index (κ2) is 10.1. The van der Waals surface area contributed by atoms with Crippen molar-refractivity contribution in [1.29, 1.82) is 0 Å². The van der Waals surface area contributed by atoms with Gasteiger partial charge < -0.3 is 4.74 Å². The van der Waals surface area contributed by atoms with Crippen molar-refractivity contribution in [2.24, 2.45) is 5.10 Å². The van der Waals surface area contributed by atoms with Crippen molar-refractivity contribution in [3.05, 3.63) is 88.4 Å². The van der Waals surface area contributed by atoms with Gasteiger partial charge >= 0.3 is 0 Å². The SMILES string of the molecule is CCOc1ccc(C2CC(CNS(=O)(=O)c3ccccc3)=NN2c2ccc(Cl)cc2Cl)cc1. The summed E-state index contributed by atoms with van der Waals surface area (Å²) in [6, 6.07) is 21.1. The van der Waals surface area contributed by atoms with Crippen LogP contribution in [-0.4, -0.2) is 27.3 Å². The van der Waals surface area contributed by atoms with E-state index in [1.807, 2.05) is 42.3 Å². The number of halogens is 2. The van der Waals surface area contributed by atoms with Crippen LogP contribution in [0.25, 0.3) is 0 Å². The molecule has 1 N–H and O–H groups in total. The number of anilines is 1. The number of sulfonamides is 1. The largest absolute Gasteiger partial charge is 0.494 e. The van der Waals surface area contributed by atoms with E-state index < -0.39 is 10.0 Å². The van der Waals surface area contributed by atoms with Crippen molar-refractivity contribution < 1.29 is 13.2 Å². The Morgan fingerprint density at radius 3 is 2.45 bits per heavy atom. The normalized spacial score (nSPS) is 16.0. The second-order valence-corrected chi connectivity index (χ2v) is 10.1. The standard InChI is InChI=1S/C24H23Cl2N3O3S/c1-2-32-20-11-8-17(9-12-20)24-15-19(16-27-33(30,31)21-6-4-3-5-7-21)28-29(24)23-13-10-18(25)14-22(23)26/h3-14,24,27H,2,15-16H2,1H3. The lowest BCUT2D eigenvalue weighted by Gasteiger charge is -2.25. The molecule has 9 heteroatoms.